The third-order valence-electron chi connectivity index (χ3n) is 5.69. The molecule has 0 saturated heterocycles. The summed E-state index contributed by atoms with van der Waals surface area (Å²) in [6, 6.07) is 8.70. The fraction of sp³-hybridized carbons (Fsp3) is 0.348. The van der Waals surface area contributed by atoms with Gasteiger partial charge in [-0.2, -0.15) is 4.37 Å². The van der Waals surface area contributed by atoms with Crippen LogP contribution in [-0.2, 0) is 11.3 Å². The third kappa shape index (κ3) is 5.51. The van der Waals surface area contributed by atoms with Crippen molar-refractivity contribution in [3.05, 3.63) is 69.0 Å². The van der Waals surface area contributed by atoms with E-state index in [9.17, 15) is 14.7 Å². The molecule has 0 unspecified atom stereocenters. The van der Waals surface area contributed by atoms with Crippen LogP contribution in [-0.4, -0.2) is 32.2 Å². The minimum absolute atomic E-state index is 0.0148. The van der Waals surface area contributed by atoms with Gasteiger partial charge in [-0.05, 0) is 54.2 Å². The molecule has 2 heterocycles. The number of carbonyl (C=O) groups excluding carboxylic acids is 2. The molecule has 0 radical (unpaired) electrons. The molecule has 0 spiro atoms. The minimum Gasteiger partial charge on any atom is -0.508 e. The van der Waals surface area contributed by atoms with E-state index in [0.717, 1.165) is 43.6 Å². The van der Waals surface area contributed by atoms with Crippen molar-refractivity contribution in [3.8, 4) is 5.75 Å². The van der Waals surface area contributed by atoms with E-state index in [0.29, 0.717) is 11.3 Å². The number of hydrogen-bond donors (Lipinski definition) is 2. The van der Waals surface area contributed by atoms with Gasteiger partial charge in [-0.25, -0.2) is 0 Å². The standard InChI is InChI=1S/C23H23Cl2N3O4S/c24-18-19(27-33-21(18)25)23(31)28(13-17-7-4-12-32-17)20(14-8-10-16(29)11-9-14)22(30)26-15-5-2-1-3-6-15/h4,7-12,15,20,29H,1-3,5-6,13H2,(H,26,30)/t20-/m0/s1. The number of phenols is 1. The predicted octanol–water partition coefficient (Wildman–Crippen LogP) is 5.58. The van der Waals surface area contributed by atoms with Crippen LogP contribution in [0.25, 0.3) is 0 Å². The number of rotatable bonds is 7. The van der Waals surface area contributed by atoms with Gasteiger partial charge in [0.2, 0.25) is 5.91 Å². The van der Waals surface area contributed by atoms with Crippen molar-refractivity contribution in [1.29, 1.82) is 0 Å². The maximum atomic E-state index is 13.6. The smallest absolute Gasteiger partial charge is 0.276 e. The van der Waals surface area contributed by atoms with Crippen LogP contribution in [0.5, 0.6) is 5.75 Å². The largest absolute Gasteiger partial charge is 0.508 e. The van der Waals surface area contributed by atoms with E-state index in [1.165, 1.54) is 23.3 Å². The number of benzene rings is 1. The van der Waals surface area contributed by atoms with Crippen LogP contribution in [0.4, 0.5) is 0 Å². The molecule has 1 aliphatic rings. The number of aromatic nitrogens is 1. The second kappa shape index (κ2) is 10.6. The summed E-state index contributed by atoms with van der Waals surface area (Å²) in [6.45, 7) is 0.0148. The summed E-state index contributed by atoms with van der Waals surface area (Å²) in [5.41, 5.74) is 0.519. The molecule has 1 atom stereocenters. The lowest BCUT2D eigenvalue weighted by Gasteiger charge is -2.32. The summed E-state index contributed by atoms with van der Waals surface area (Å²) >= 11 is 13.2. The fourth-order valence-electron chi connectivity index (χ4n) is 4.04. The first kappa shape index (κ1) is 23.6. The Hall–Kier alpha value is -2.55. The molecule has 174 valence electrons. The van der Waals surface area contributed by atoms with Crippen molar-refractivity contribution in [1.82, 2.24) is 14.6 Å². The number of carbonyl (C=O) groups is 2. The average molecular weight is 508 g/mol. The van der Waals surface area contributed by atoms with Gasteiger partial charge in [-0.3, -0.25) is 9.59 Å². The van der Waals surface area contributed by atoms with Crippen molar-refractivity contribution in [2.24, 2.45) is 0 Å². The van der Waals surface area contributed by atoms with Gasteiger partial charge in [-0.15, -0.1) is 0 Å². The van der Waals surface area contributed by atoms with E-state index in [2.05, 4.69) is 9.69 Å². The number of phenolic OH excluding ortho intramolecular Hbond substituents is 1. The van der Waals surface area contributed by atoms with Crippen molar-refractivity contribution in [2.75, 3.05) is 0 Å². The second-order valence-electron chi connectivity index (χ2n) is 7.97. The van der Waals surface area contributed by atoms with Crippen LogP contribution >= 0.6 is 34.7 Å². The zero-order valence-corrected chi connectivity index (χ0v) is 20.0. The average Bonchev–Trinajstić information content (AvgIpc) is 3.45. The number of nitrogens with one attached hydrogen (secondary N) is 1. The number of amides is 2. The Labute approximate surface area is 205 Å². The highest BCUT2D eigenvalue weighted by Crippen LogP contribution is 2.34. The number of furan rings is 1. The summed E-state index contributed by atoms with van der Waals surface area (Å²) in [6.07, 6.45) is 6.55. The summed E-state index contributed by atoms with van der Waals surface area (Å²) in [4.78, 5) is 28.6. The molecule has 2 amide bonds. The molecule has 4 rings (SSSR count). The Kier molecular flexibility index (Phi) is 7.57. The maximum Gasteiger partial charge on any atom is 0.276 e. The first-order valence-electron chi connectivity index (χ1n) is 10.7. The second-order valence-corrected chi connectivity index (χ2v) is 9.72. The molecular formula is C23H23Cl2N3O4S. The van der Waals surface area contributed by atoms with Gasteiger partial charge >= 0.3 is 0 Å². The molecule has 1 fully saturated rings. The van der Waals surface area contributed by atoms with E-state index in [1.807, 2.05) is 0 Å². The zero-order valence-electron chi connectivity index (χ0n) is 17.7. The van der Waals surface area contributed by atoms with Gasteiger partial charge in [0.1, 0.15) is 26.9 Å². The molecule has 0 aliphatic heterocycles. The highest BCUT2D eigenvalue weighted by Gasteiger charge is 2.36. The van der Waals surface area contributed by atoms with E-state index in [4.69, 9.17) is 27.6 Å². The topological polar surface area (TPSA) is 95.7 Å². The quantitative estimate of drug-likeness (QED) is 0.435. The molecule has 2 N–H and O–H groups in total. The molecule has 3 aromatic rings. The van der Waals surface area contributed by atoms with E-state index < -0.39 is 11.9 Å². The van der Waals surface area contributed by atoms with Gasteiger partial charge in [0.15, 0.2) is 5.69 Å². The van der Waals surface area contributed by atoms with E-state index in [-0.39, 0.29) is 39.3 Å². The summed E-state index contributed by atoms with van der Waals surface area (Å²) in [5.74, 6) is -0.306. The van der Waals surface area contributed by atoms with Crippen molar-refractivity contribution in [3.63, 3.8) is 0 Å². The molecule has 2 aromatic heterocycles. The molecular weight excluding hydrogens is 485 g/mol. The third-order valence-corrected chi connectivity index (χ3v) is 7.30. The van der Waals surface area contributed by atoms with Crippen molar-refractivity contribution >= 4 is 46.5 Å². The Balaban J connectivity index is 1.73. The lowest BCUT2D eigenvalue weighted by Crippen LogP contribution is -2.47. The van der Waals surface area contributed by atoms with Gasteiger partial charge in [0.25, 0.3) is 5.91 Å². The summed E-state index contributed by atoms with van der Waals surface area (Å²) in [7, 11) is 0. The molecule has 7 nitrogen and oxygen atoms in total. The van der Waals surface area contributed by atoms with Crippen LogP contribution in [0, 0.1) is 0 Å². The van der Waals surface area contributed by atoms with E-state index >= 15 is 0 Å². The highest BCUT2D eigenvalue weighted by molar-refractivity contribution is 7.11. The molecule has 1 aromatic carbocycles. The fourth-order valence-corrected chi connectivity index (χ4v) is 5.02. The van der Waals surface area contributed by atoms with Crippen LogP contribution in [0.15, 0.2) is 47.1 Å². The van der Waals surface area contributed by atoms with Crippen LogP contribution < -0.4 is 5.32 Å². The van der Waals surface area contributed by atoms with E-state index in [1.54, 1.807) is 24.3 Å². The normalized spacial score (nSPS) is 15.2. The molecule has 0 bridgehead atoms. The molecule has 10 heteroatoms. The van der Waals surface area contributed by atoms with Crippen molar-refractivity contribution < 1.29 is 19.1 Å². The molecule has 1 saturated carbocycles. The summed E-state index contributed by atoms with van der Waals surface area (Å²) < 4.78 is 9.79. The Morgan fingerprint density at radius 3 is 2.52 bits per heavy atom. The molecule has 33 heavy (non-hydrogen) atoms. The number of nitrogens with zero attached hydrogens (tertiary/aromatic N) is 2. The van der Waals surface area contributed by atoms with Crippen LogP contribution in [0.2, 0.25) is 9.36 Å². The van der Waals surface area contributed by atoms with Crippen molar-refractivity contribution in [2.45, 2.75) is 50.7 Å². The highest BCUT2D eigenvalue weighted by atomic mass is 35.5. The lowest BCUT2D eigenvalue weighted by atomic mass is 9.94. The molecule has 1 aliphatic carbocycles. The van der Waals surface area contributed by atoms with Gasteiger partial charge < -0.3 is 19.7 Å². The maximum absolute atomic E-state index is 13.6. The van der Waals surface area contributed by atoms with Crippen LogP contribution in [0.3, 0.4) is 0 Å². The number of halogens is 2. The van der Waals surface area contributed by atoms with Gasteiger partial charge in [-0.1, -0.05) is 54.6 Å². The monoisotopic (exact) mass is 507 g/mol. The first-order chi connectivity index (χ1) is 15.9. The SMILES string of the molecule is O=C(NC1CCCCC1)[C@H](c1ccc(O)cc1)N(Cc1ccco1)C(=O)c1nsc(Cl)c1Cl. The van der Waals surface area contributed by atoms with Crippen LogP contribution in [0.1, 0.15) is 60.0 Å². The Morgan fingerprint density at radius 1 is 1.18 bits per heavy atom. The Morgan fingerprint density at radius 2 is 1.91 bits per heavy atom. The lowest BCUT2D eigenvalue weighted by molar-refractivity contribution is -0.127. The summed E-state index contributed by atoms with van der Waals surface area (Å²) in [5, 5.41) is 12.9. The number of hydrogen-bond acceptors (Lipinski definition) is 6. The zero-order chi connectivity index (χ0) is 23.4. The minimum atomic E-state index is -0.998. The van der Waals surface area contributed by atoms with Gasteiger partial charge in [0.05, 0.1) is 12.8 Å². The first-order valence-corrected chi connectivity index (χ1v) is 12.2. The number of aromatic hydroxyl groups is 1. The van der Waals surface area contributed by atoms with Gasteiger partial charge in [0, 0.05) is 6.04 Å². The Bertz CT molecular complexity index is 1100. The predicted molar refractivity (Wildman–Crippen MR) is 127 cm³/mol.